The Bertz CT molecular complexity index is 346. The van der Waals surface area contributed by atoms with Gasteiger partial charge in [0.2, 0.25) is 0 Å². The zero-order valence-corrected chi connectivity index (χ0v) is 11.8. The maximum absolute atomic E-state index is 4.48. The van der Waals surface area contributed by atoms with E-state index < -0.39 is 0 Å². The first-order valence-electron chi connectivity index (χ1n) is 5.91. The van der Waals surface area contributed by atoms with Gasteiger partial charge in [0, 0.05) is 19.6 Å². The molecule has 1 aliphatic rings. The Morgan fingerprint density at radius 1 is 1.44 bits per heavy atom. The molecule has 88 valence electrons. The molecule has 3 nitrogen and oxygen atoms in total. The molecule has 4 heteroatoms. The van der Waals surface area contributed by atoms with Crippen LogP contribution in [0.1, 0.15) is 18.9 Å². The monoisotopic (exact) mass is 331 g/mol. The van der Waals surface area contributed by atoms with Gasteiger partial charge in [-0.25, -0.2) is 4.98 Å². The molecule has 16 heavy (non-hydrogen) atoms. The summed E-state index contributed by atoms with van der Waals surface area (Å²) >= 11 is 2.31. The van der Waals surface area contributed by atoms with E-state index in [1.165, 1.54) is 17.7 Å². The second-order valence-corrected chi connectivity index (χ2v) is 5.11. The highest BCUT2D eigenvalue weighted by atomic mass is 127. The summed E-state index contributed by atoms with van der Waals surface area (Å²) in [5.41, 5.74) is 2.64. The van der Waals surface area contributed by atoms with Gasteiger partial charge in [0.25, 0.3) is 0 Å². The first kappa shape index (κ1) is 12.1. The van der Waals surface area contributed by atoms with E-state index in [0.717, 1.165) is 36.3 Å². The number of hydrogen-bond donors (Lipinski definition) is 1. The highest BCUT2D eigenvalue weighted by Gasteiger charge is 2.11. The second-order valence-electron chi connectivity index (χ2n) is 4.09. The fourth-order valence-corrected chi connectivity index (χ4v) is 2.68. The molecule has 1 aromatic heterocycles. The summed E-state index contributed by atoms with van der Waals surface area (Å²) in [7, 11) is 0. The SMILES string of the molecule is CCc1cc(N2CCCNCC2)cnc1I. The molecule has 1 saturated heterocycles. The Labute approximate surface area is 111 Å². The largest absolute Gasteiger partial charge is 0.369 e. The predicted molar refractivity (Wildman–Crippen MR) is 76.0 cm³/mol. The molecule has 0 atom stereocenters. The number of rotatable bonds is 2. The van der Waals surface area contributed by atoms with Crippen molar-refractivity contribution in [1.29, 1.82) is 0 Å². The molecular formula is C12H18IN3. The molecule has 0 aliphatic carbocycles. The van der Waals surface area contributed by atoms with Crippen molar-refractivity contribution in [3.8, 4) is 0 Å². The summed E-state index contributed by atoms with van der Waals surface area (Å²) in [5, 5.41) is 3.42. The van der Waals surface area contributed by atoms with Crippen LogP contribution in [0.15, 0.2) is 12.3 Å². The smallest absolute Gasteiger partial charge is 0.104 e. The Morgan fingerprint density at radius 2 is 2.31 bits per heavy atom. The van der Waals surface area contributed by atoms with Gasteiger partial charge in [-0.1, -0.05) is 6.92 Å². The van der Waals surface area contributed by atoms with Crippen LogP contribution in [0.4, 0.5) is 5.69 Å². The molecule has 0 bridgehead atoms. The van der Waals surface area contributed by atoms with Crippen molar-refractivity contribution in [1.82, 2.24) is 10.3 Å². The Morgan fingerprint density at radius 3 is 3.12 bits per heavy atom. The van der Waals surface area contributed by atoms with Crippen molar-refractivity contribution in [3.63, 3.8) is 0 Å². The first-order valence-corrected chi connectivity index (χ1v) is 6.99. The van der Waals surface area contributed by atoms with Crippen LogP contribution in [0.5, 0.6) is 0 Å². The topological polar surface area (TPSA) is 28.2 Å². The standard InChI is InChI=1S/C12H18IN3/c1-2-10-8-11(9-15-12(10)13)16-6-3-4-14-5-7-16/h8-9,14H,2-7H2,1H3. The first-order chi connectivity index (χ1) is 7.81. The number of pyridine rings is 1. The van der Waals surface area contributed by atoms with E-state index in [2.05, 4.69) is 50.8 Å². The van der Waals surface area contributed by atoms with Gasteiger partial charge in [-0.2, -0.15) is 0 Å². The lowest BCUT2D eigenvalue weighted by Crippen LogP contribution is -2.28. The van der Waals surface area contributed by atoms with Crippen molar-refractivity contribution < 1.29 is 0 Å². The van der Waals surface area contributed by atoms with Crippen molar-refractivity contribution in [2.45, 2.75) is 19.8 Å². The van der Waals surface area contributed by atoms with Crippen LogP contribution >= 0.6 is 22.6 Å². The Hall–Kier alpha value is -0.360. The maximum Gasteiger partial charge on any atom is 0.104 e. The minimum Gasteiger partial charge on any atom is -0.369 e. The second kappa shape index (κ2) is 5.82. The normalized spacial score (nSPS) is 17.2. The number of nitrogens with one attached hydrogen (secondary N) is 1. The highest BCUT2D eigenvalue weighted by Crippen LogP contribution is 2.19. The lowest BCUT2D eigenvalue weighted by atomic mass is 10.2. The van der Waals surface area contributed by atoms with Gasteiger partial charge in [0.05, 0.1) is 11.9 Å². The van der Waals surface area contributed by atoms with Gasteiger partial charge in [-0.3, -0.25) is 0 Å². The molecule has 1 N–H and O–H groups in total. The molecule has 1 aliphatic heterocycles. The Balaban J connectivity index is 2.18. The third-order valence-corrected chi connectivity index (χ3v) is 3.95. The number of nitrogens with zero attached hydrogens (tertiary/aromatic N) is 2. The van der Waals surface area contributed by atoms with E-state index >= 15 is 0 Å². The number of aryl methyl sites for hydroxylation is 1. The van der Waals surface area contributed by atoms with E-state index in [1.54, 1.807) is 0 Å². The molecule has 0 saturated carbocycles. The third-order valence-electron chi connectivity index (χ3n) is 2.98. The third kappa shape index (κ3) is 2.85. The van der Waals surface area contributed by atoms with Crippen LogP contribution in [0.3, 0.4) is 0 Å². The van der Waals surface area contributed by atoms with Gasteiger partial charge < -0.3 is 10.2 Å². The quantitative estimate of drug-likeness (QED) is 0.664. The van der Waals surface area contributed by atoms with Gasteiger partial charge in [0.15, 0.2) is 0 Å². The minimum absolute atomic E-state index is 1.06. The summed E-state index contributed by atoms with van der Waals surface area (Å²) in [5.74, 6) is 0. The van der Waals surface area contributed by atoms with E-state index in [0.29, 0.717) is 0 Å². The zero-order chi connectivity index (χ0) is 11.4. The van der Waals surface area contributed by atoms with Crippen LogP contribution < -0.4 is 10.2 Å². The molecule has 0 unspecified atom stereocenters. The summed E-state index contributed by atoms with van der Waals surface area (Å²) in [6.45, 7) is 6.62. The maximum atomic E-state index is 4.48. The zero-order valence-electron chi connectivity index (χ0n) is 9.67. The van der Waals surface area contributed by atoms with Crippen LogP contribution in [0.2, 0.25) is 0 Å². The lowest BCUT2D eigenvalue weighted by Gasteiger charge is -2.22. The van der Waals surface area contributed by atoms with Crippen molar-refractivity contribution in [2.24, 2.45) is 0 Å². The molecule has 1 fully saturated rings. The lowest BCUT2D eigenvalue weighted by molar-refractivity contribution is 0.724. The van der Waals surface area contributed by atoms with Crippen molar-refractivity contribution >= 4 is 28.3 Å². The average Bonchev–Trinajstić information content (AvgIpc) is 2.58. The molecule has 0 aromatic carbocycles. The molecular weight excluding hydrogens is 313 g/mol. The predicted octanol–water partition coefficient (Wildman–Crippen LogP) is 2.05. The highest BCUT2D eigenvalue weighted by molar-refractivity contribution is 14.1. The van der Waals surface area contributed by atoms with Crippen LogP contribution in [0.25, 0.3) is 0 Å². The molecule has 0 spiro atoms. The van der Waals surface area contributed by atoms with Gasteiger partial charge in [-0.15, -0.1) is 0 Å². The number of hydrogen-bond acceptors (Lipinski definition) is 3. The van der Waals surface area contributed by atoms with Crippen LogP contribution in [-0.4, -0.2) is 31.2 Å². The molecule has 2 rings (SSSR count). The van der Waals surface area contributed by atoms with Crippen molar-refractivity contribution in [2.75, 3.05) is 31.1 Å². The van der Waals surface area contributed by atoms with Gasteiger partial charge in [0.1, 0.15) is 3.70 Å². The summed E-state index contributed by atoms with van der Waals surface area (Å²) in [6.07, 6.45) is 4.28. The van der Waals surface area contributed by atoms with E-state index in [4.69, 9.17) is 0 Å². The van der Waals surface area contributed by atoms with E-state index in [1.807, 2.05) is 6.20 Å². The van der Waals surface area contributed by atoms with Crippen LogP contribution in [0, 0.1) is 3.70 Å². The fourth-order valence-electron chi connectivity index (χ4n) is 2.01. The molecule has 0 radical (unpaired) electrons. The summed E-state index contributed by atoms with van der Waals surface area (Å²) < 4.78 is 1.14. The van der Waals surface area contributed by atoms with Crippen molar-refractivity contribution in [3.05, 3.63) is 21.5 Å². The molecule has 1 aromatic rings. The average molecular weight is 331 g/mol. The molecule has 0 amide bonds. The van der Waals surface area contributed by atoms with E-state index in [-0.39, 0.29) is 0 Å². The molecule has 2 heterocycles. The number of anilines is 1. The number of halogens is 1. The summed E-state index contributed by atoms with van der Waals surface area (Å²) in [4.78, 5) is 6.91. The number of aromatic nitrogens is 1. The fraction of sp³-hybridized carbons (Fsp3) is 0.583. The van der Waals surface area contributed by atoms with Crippen LogP contribution in [-0.2, 0) is 6.42 Å². The summed E-state index contributed by atoms with van der Waals surface area (Å²) in [6, 6.07) is 2.29. The van der Waals surface area contributed by atoms with E-state index in [9.17, 15) is 0 Å². The van der Waals surface area contributed by atoms with Gasteiger partial charge in [-0.05, 0) is 53.6 Å². The minimum atomic E-state index is 1.06. The Kier molecular flexibility index (Phi) is 4.40. The van der Waals surface area contributed by atoms with Gasteiger partial charge >= 0.3 is 0 Å².